The number of aromatic nitrogens is 2. The largest absolute Gasteiger partial charge is 0.432 e. The molecule has 0 saturated carbocycles. The minimum absolute atomic E-state index is 0.125. The van der Waals surface area contributed by atoms with Crippen LogP contribution in [0.1, 0.15) is 30.5 Å². The zero-order valence-corrected chi connectivity index (χ0v) is 13.1. The average Bonchev–Trinajstić information content (AvgIpc) is 3.09. The summed E-state index contributed by atoms with van der Waals surface area (Å²) in [6, 6.07) is 4.22. The van der Waals surface area contributed by atoms with Crippen LogP contribution in [0.15, 0.2) is 35.1 Å². The lowest BCUT2D eigenvalue weighted by Gasteiger charge is -2.49. The van der Waals surface area contributed by atoms with Crippen LogP contribution < -0.4 is 5.32 Å². The van der Waals surface area contributed by atoms with Crippen LogP contribution in [0.2, 0.25) is 0 Å². The third-order valence-electron chi connectivity index (χ3n) is 5.14. The van der Waals surface area contributed by atoms with Gasteiger partial charge in [0, 0.05) is 30.0 Å². The molecule has 0 aliphatic carbocycles. The van der Waals surface area contributed by atoms with E-state index in [9.17, 15) is 4.79 Å². The number of pyridine rings is 1. The van der Waals surface area contributed by atoms with Crippen LogP contribution in [0.25, 0.3) is 11.3 Å². The Morgan fingerprint density at radius 1 is 1.30 bits per heavy atom. The van der Waals surface area contributed by atoms with Crippen molar-refractivity contribution in [3.05, 3.63) is 36.6 Å². The van der Waals surface area contributed by atoms with Crippen molar-refractivity contribution < 1.29 is 9.21 Å². The van der Waals surface area contributed by atoms with Gasteiger partial charge in [-0.1, -0.05) is 0 Å². The molecule has 2 aromatic rings. The van der Waals surface area contributed by atoms with Gasteiger partial charge in [0.1, 0.15) is 0 Å². The molecular formula is C17H20N4O2. The molecule has 1 N–H and O–H groups in total. The van der Waals surface area contributed by atoms with Crippen LogP contribution in [0.4, 0.5) is 0 Å². The number of hydrogen-bond donors (Lipinski definition) is 1. The van der Waals surface area contributed by atoms with E-state index in [0.717, 1.165) is 31.5 Å². The Kier molecular flexibility index (Phi) is 3.61. The van der Waals surface area contributed by atoms with Gasteiger partial charge in [-0.2, -0.15) is 0 Å². The number of fused-ring (bicyclic) bond motifs is 3. The number of amides is 1. The first-order valence-corrected chi connectivity index (χ1v) is 8.13. The van der Waals surface area contributed by atoms with Crippen molar-refractivity contribution in [1.82, 2.24) is 20.2 Å². The second-order valence-corrected chi connectivity index (χ2v) is 6.38. The third-order valence-corrected chi connectivity index (χ3v) is 5.14. The summed E-state index contributed by atoms with van der Waals surface area (Å²) in [5.41, 5.74) is 0.864. The van der Waals surface area contributed by atoms with Crippen LogP contribution in [0.3, 0.4) is 0 Å². The molecule has 3 aliphatic heterocycles. The number of piperidine rings is 3. The molecule has 2 aromatic heterocycles. The number of rotatable bonds is 3. The first-order valence-electron chi connectivity index (χ1n) is 8.13. The van der Waals surface area contributed by atoms with Crippen molar-refractivity contribution >= 4 is 5.91 Å². The number of carbonyl (C=O) groups excluding carboxylic acids is 1. The van der Waals surface area contributed by atoms with Crippen LogP contribution in [0, 0.1) is 5.92 Å². The van der Waals surface area contributed by atoms with Crippen LogP contribution in [-0.4, -0.2) is 45.9 Å². The molecule has 5 rings (SSSR count). The highest BCUT2D eigenvalue weighted by Crippen LogP contribution is 2.32. The predicted octanol–water partition coefficient (Wildman–Crippen LogP) is 1.95. The van der Waals surface area contributed by atoms with E-state index in [2.05, 4.69) is 27.1 Å². The Bertz CT molecular complexity index is 690. The number of carbonyl (C=O) groups is 1. The lowest BCUT2D eigenvalue weighted by atomic mass is 9.79. The first kappa shape index (κ1) is 14.4. The number of oxazole rings is 1. The van der Waals surface area contributed by atoms with Crippen molar-refractivity contribution in [2.75, 3.05) is 13.1 Å². The van der Waals surface area contributed by atoms with Gasteiger partial charge in [0.2, 0.25) is 0 Å². The first-order chi connectivity index (χ1) is 11.2. The Morgan fingerprint density at radius 2 is 2.04 bits per heavy atom. The summed E-state index contributed by atoms with van der Waals surface area (Å²) < 4.78 is 5.62. The van der Waals surface area contributed by atoms with Crippen molar-refractivity contribution in [1.29, 1.82) is 0 Å². The summed E-state index contributed by atoms with van der Waals surface area (Å²) in [6.07, 6.45) is 7.27. The van der Waals surface area contributed by atoms with Gasteiger partial charge >= 0.3 is 5.91 Å². The molecule has 0 aromatic carbocycles. The van der Waals surface area contributed by atoms with Gasteiger partial charge in [-0.3, -0.25) is 14.7 Å². The Balaban J connectivity index is 1.49. The minimum Gasteiger partial charge on any atom is -0.432 e. The van der Waals surface area contributed by atoms with Gasteiger partial charge in [-0.05, 0) is 50.9 Å². The molecule has 6 nitrogen and oxygen atoms in total. The predicted molar refractivity (Wildman–Crippen MR) is 84.7 cm³/mol. The minimum atomic E-state index is -0.226. The number of nitrogens with zero attached hydrogens (tertiary/aromatic N) is 3. The van der Waals surface area contributed by atoms with Crippen molar-refractivity contribution in [3.8, 4) is 11.3 Å². The second-order valence-electron chi connectivity index (χ2n) is 6.38. The molecule has 0 radical (unpaired) electrons. The molecule has 120 valence electrons. The zero-order chi connectivity index (χ0) is 15.8. The van der Waals surface area contributed by atoms with E-state index < -0.39 is 0 Å². The van der Waals surface area contributed by atoms with E-state index in [1.165, 1.54) is 0 Å². The molecule has 23 heavy (non-hydrogen) atoms. The quantitative estimate of drug-likeness (QED) is 0.938. The van der Waals surface area contributed by atoms with Crippen LogP contribution in [-0.2, 0) is 0 Å². The molecule has 2 atom stereocenters. The molecular weight excluding hydrogens is 292 g/mol. The molecule has 3 saturated heterocycles. The van der Waals surface area contributed by atoms with Gasteiger partial charge in [-0.15, -0.1) is 0 Å². The van der Waals surface area contributed by atoms with Gasteiger partial charge in [0.05, 0.1) is 6.20 Å². The highest BCUT2D eigenvalue weighted by atomic mass is 16.4. The lowest BCUT2D eigenvalue weighted by molar-refractivity contribution is 0.0210. The number of nitrogens with one attached hydrogen (secondary N) is 1. The lowest BCUT2D eigenvalue weighted by Crippen LogP contribution is -2.62. The summed E-state index contributed by atoms with van der Waals surface area (Å²) in [5.74, 6) is 1.05. The molecule has 3 aliphatic rings. The fraction of sp³-hybridized carbons (Fsp3) is 0.471. The van der Waals surface area contributed by atoms with E-state index in [1.807, 2.05) is 12.1 Å². The summed E-state index contributed by atoms with van der Waals surface area (Å²) >= 11 is 0. The standard InChI is InChI=1S/C17H20N4O2/c1-11-15(13-4-8-21(11)9-5-13)20-16(22)17-19-10-14(23-17)12-2-6-18-7-3-12/h2-3,6-7,10-11,13,15H,4-5,8-9H2,1H3,(H,20,22)/t11-,15+/m1/s1. The maximum absolute atomic E-state index is 12.5. The van der Waals surface area contributed by atoms with E-state index in [-0.39, 0.29) is 17.8 Å². The Labute approximate surface area is 134 Å². The summed E-state index contributed by atoms with van der Waals surface area (Å²) in [6.45, 7) is 4.47. The highest BCUT2D eigenvalue weighted by molar-refractivity contribution is 5.90. The van der Waals surface area contributed by atoms with E-state index in [4.69, 9.17) is 4.42 Å². The van der Waals surface area contributed by atoms with Crippen molar-refractivity contribution in [2.45, 2.75) is 31.8 Å². The maximum atomic E-state index is 12.5. The maximum Gasteiger partial charge on any atom is 0.307 e. The second kappa shape index (κ2) is 5.77. The van der Waals surface area contributed by atoms with Crippen molar-refractivity contribution in [2.24, 2.45) is 5.92 Å². The van der Waals surface area contributed by atoms with Gasteiger partial charge in [0.15, 0.2) is 5.76 Å². The molecule has 6 heteroatoms. The highest BCUT2D eigenvalue weighted by Gasteiger charge is 2.40. The topological polar surface area (TPSA) is 71.3 Å². The Hall–Kier alpha value is -2.21. The zero-order valence-electron chi connectivity index (χ0n) is 13.1. The smallest absolute Gasteiger partial charge is 0.307 e. The fourth-order valence-electron chi connectivity index (χ4n) is 3.79. The molecule has 5 heterocycles. The van der Waals surface area contributed by atoms with Crippen LogP contribution in [0.5, 0.6) is 0 Å². The summed E-state index contributed by atoms with van der Waals surface area (Å²) in [5, 5.41) is 3.13. The SMILES string of the molecule is C[C@@H]1[C@H](NC(=O)c2ncc(-c3ccncc3)o2)C2CCN1CC2. The summed E-state index contributed by atoms with van der Waals surface area (Å²) in [7, 11) is 0. The van der Waals surface area contributed by atoms with E-state index in [0.29, 0.717) is 17.7 Å². The number of hydrogen-bond acceptors (Lipinski definition) is 5. The van der Waals surface area contributed by atoms with Crippen LogP contribution >= 0.6 is 0 Å². The molecule has 0 unspecified atom stereocenters. The van der Waals surface area contributed by atoms with E-state index in [1.54, 1.807) is 18.6 Å². The molecule has 2 bridgehead atoms. The average molecular weight is 312 g/mol. The Morgan fingerprint density at radius 3 is 2.74 bits per heavy atom. The fourth-order valence-corrected chi connectivity index (χ4v) is 3.79. The normalized spacial score (nSPS) is 29.4. The van der Waals surface area contributed by atoms with Gasteiger partial charge in [-0.25, -0.2) is 4.98 Å². The molecule has 1 amide bonds. The molecule has 0 spiro atoms. The van der Waals surface area contributed by atoms with Crippen molar-refractivity contribution in [3.63, 3.8) is 0 Å². The summed E-state index contributed by atoms with van der Waals surface area (Å²) in [4.78, 5) is 23.0. The molecule has 3 fully saturated rings. The van der Waals surface area contributed by atoms with Gasteiger partial charge in [0.25, 0.3) is 5.89 Å². The van der Waals surface area contributed by atoms with Gasteiger partial charge < -0.3 is 9.73 Å². The monoisotopic (exact) mass is 312 g/mol. The third kappa shape index (κ3) is 2.63. The van der Waals surface area contributed by atoms with E-state index >= 15 is 0 Å².